The van der Waals surface area contributed by atoms with E-state index in [1.165, 1.54) is 24.2 Å². The average molecular weight is 230 g/mol. The first-order valence-electron chi connectivity index (χ1n) is 6.24. The summed E-state index contributed by atoms with van der Waals surface area (Å²) < 4.78 is 5.20. The predicted molar refractivity (Wildman–Crippen MR) is 68.8 cm³/mol. The molecule has 1 aliphatic heterocycles. The molecule has 1 heterocycles. The van der Waals surface area contributed by atoms with Crippen molar-refractivity contribution in [3.63, 3.8) is 0 Å². The summed E-state index contributed by atoms with van der Waals surface area (Å²) in [6.45, 7) is 1.95. The van der Waals surface area contributed by atoms with Crippen LogP contribution in [0.25, 0.3) is 0 Å². The van der Waals surface area contributed by atoms with E-state index < -0.39 is 0 Å². The van der Waals surface area contributed by atoms with Crippen LogP contribution in [0.3, 0.4) is 0 Å². The van der Waals surface area contributed by atoms with Crippen LogP contribution in [-0.4, -0.2) is 26.0 Å². The quantitative estimate of drug-likeness (QED) is 0.859. The van der Waals surface area contributed by atoms with Gasteiger partial charge in [-0.05, 0) is 30.5 Å². The van der Waals surface area contributed by atoms with Crippen LogP contribution in [0.15, 0.2) is 29.3 Å². The minimum Gasteiger partial charge on any atom is -0.497 e. The minimum atomic E-state index is 0.350. The highest BCUT2D eigenvalue weighted by Gasteiger charge is 2.45. The normalized spacial score (nSPS) is 20.6. The van der Waals surface area contributed by atoms with Crippen LogP contribution < -0.4 is 10.1 Å². The molecule has 3 nitrogen and oxygen atoms in total. The number of hydrogen-bond acceptors (Lipinski definition) is 3. The molecule has 1 aromatic carbocycles. The first kappa shape index (κ1) is 10.6. The molecule has 1 fully saturated rings. The van der Waals surface area contributed by atoms with E-state index in [0.717, 1.165) is 25.3 Å². The fraction of sp³-hybridized carbons (Fsp3) is 0.500. The average Bonchev–Trinajstić information content (AvgIpc) is 2.97. The van der Waals surface area contributed by atoms with Gasteiger partial charge < -0.3 is 10.1 Å². The summed E-state index contributed by atoms with van der Waals surface area (Å²) in [5, 5.41) is 3.37. The van der Waals surface area contributed by atoms with Gasteiger partial charge in [-0.3, -0.25) is 4.99 Å². The van der Waals surface area contributed by atoms with Crippen molar-refractivity contribution in [3.8, 4) is 5.75 Å². The summed E-state index contributed by atoms with van der Waals surface area (Å²) in [6.07, 6.45) is 3.62. The number of aliphatic imine (C=N–C) groups is 1. The topological polar surface area (TPSA) is 33.6 Å². The Bertz CT molecular complexity index is 432. The van der Waals surface area contributed by atoms with Gasteiger partial charge in [-0.2, -0.15) is 0 Å². The molecular weight excluding hydrogens is 212 g/mol. The molecule has 0 spiro atoms. The molecule has 0 saturated heterocycles. The Labute approximate surface area is 102 Å². The zero-order valence-electron chi connectivity index (χ0n) is 10.2. The molecular formula is C14H18N2O. The zero-order chi connectivity index (χ0) is 11.7. The number of methoxy groups -OCH3 is 1. The Balaban J connectivity index is 1.77. The van der Waals surface area contributed by atoms with Gasteiger partial charge in [0.05, 0.1) is 19.5 Å². The highest BCUT2D eigenvalue weighted by molar-refractivity contribution is 5.85. The molecule has 0 atom stereocenters. The van der Waals surface area contributed by atoms with Crippen molar-refractivity contribution in [1.82, 2.24) is 5.32 Å². The highest BCUT2D eigenvalue weighted by Crippen LogP contribution is 2.51. The Morgan fingerprint density at radius 2 is 2.06 bits per heavy atom. The summed E-state index contributed by atoms with van der Waals surface area (Å²) in [4.78, 5) is 4.50. The molecule has 1 saturated carbocycles. The van der Waals surface area contributed by atoms with E-state index in [-0.39, 0.29) is 0 Å². The second-order valence-electron chi connectivity index (χ2n) is 4.94. The zero-order valence-corrected chi connectivity index (χ0v) is 10.2. The summed E-state index contributed by atoms with van der Waals surface area (Å²) >= 11 is 0. The highest BCUT2D eigenvalue weighted by atomic mass is 16.5. The van der Waals surface area contributed by atoms with Crippen molar-refractivity contribution in [2.45, 2.75) is 24.7 Å². The largest absolute Gasteiger partial charge is 0.497 e. The van der Waals surface area contributed by atoms with Gasteiger partial charge in [0.25, 0.3) is 0 Å². The molecule has 0 aromatic heterocycles. The van der Waals surface area contributed by atoms with E-state index in [0.29, 0.717) is 5.41 Å². The second kappa shape index (κ2) is 4.06. The number of benzene rings is 1. The molecule has 0 amide bonds. The van der Waals surface area contributed by atoms with Gasteiger partial charge in [0.1, 0.15) is 5.75 Å². The SMILES string of the molecule is COc1ccc(C2(CC3=NCCN3)CC2)cc1. The summed E-state index contributed by atoms with van der Waals surface area (Å²) in [5.74, 6) is 2.12. The Kier molecular flexibility index (Phi) is 2.54. The molecule has 1 aliphatic carbocycles. The first-order chi connectivity index (χ1) is 8.32. The van der Waals surface area contributed by atoms with Crippen LogP contribution in [-0.2, 0) is 5.41 Å². The van der Waals surface area contributed by atoms with Gasteiger partial charge in [0.15, 0.2) is 0 Å². The van der Waals surface area contributed by atoms with E-state index in [1.54, 1.807) is 7.11 Å². The lowest BCUT2D eigenvalue weighted by Crippen LogP contribution is -2.23. The molecule has 0 unspecified atom stereocenters. The van der Waals surface area contributed by atoms with Gasteiger partial charge in [-0.15, -0.1) is 0 Å². The Hall–Kier alpha value is -1.51. The molecule has 17 heavy (non-hydrogen) atoms. The standard InChI is InChI=1S/C14H18N2O/c1-17-12-4-2-11(3-5-12)14(6-7-14)10-13-15-8-9-16-13/h2-5H,6-10H2,1H3,(H,15,16). The fourth-order valence-electron chi connectivity index (χ4n) is 2.55. The third-order valence-electron chi connectivity index (χ3n) is 3.81. The number of nitrogens with zero attached hydrogens (tertiary/aromatic N) is 1. The van der Waals surface area contributed by atoms with E-state index >= 15 is 0 Å². The van der Waals surface area contributed by atoms with Crippen molar-refractivity contribution < 1.29 is 4.74 Å². The minimum absolute atomic E-state index is 0.350. The number of hydrogen-bond donors (Lipinski definition) is 1. The van der Waals surface area contributed by atoms with Crippen LogP contribution >= 0.6 is 0 Å². The molecule has 2 aliphatic rings. The Morgan fingerprint density at radius 3 is 2.59 bits per heavy atom. The molecule has 1 aromatic rings. The lowest BCUT2D eigenvalue weighted by Gasteiger charge is -2.16. The fourth-order valence-corrected chi connectivity index (χ4v) is 2.55. The van der Waals surface area contributed by atoms with Gasteiger partial charge in [-0.25, -0.2) is 0 Å². The van der Waals surface area contributed by atoms with Gasteiger partial charge in [-0.1, -0.05) is 12.1 Å². The Morgan fingerprint density at radius 1 is 1.29 bits per heavy atom. The van der Waals surface area contributed by atoms with Crippen LogP contribution in [0.4, 0.5) is 0 Å². The summed E-state index contributed by atoms with van der Waals surface area (Å²) in [7, 11) is 1.71. The van der Waals surface area contributed by atoms with E-state index in [9.17, 15) is 0 Å². The third kappa shape index (κ3) is 2.02. The van der Waals surface area contributed by atoms with Crippen molar-refractivity contribution in [2.75, 3.05) is 20.2 Å². The first-order valence-corrected chi connectivity index (χ1v) is 6.24. The molecule has 1 N–H and O–H groups in total. The number of ether oxygens (including phenoxy) is 1. The smallest absolute Gasteiger partial charge is 0.118 e. The van der Waals surface area contributed by atoms with Gasteiger partial charge >= 0.3 is 0 Å². The maximum atomic E-state index is 5.20. The van der Waals surface area contributed by atoms with Crippen molar-refractivity contribution in [1.29, 1.82) is 0 Å². The van der Waals surface area contributed by atoms with Crippen molar-refractivity contribution in [3.05, 3.63) is 29.8 Å². The van der Waals surface area contributed by atoms with E-state index in [4.69, 9.17) is 4.74 Å². The van der Waals surface area contributed by atoms with Gasteiger partial charge in [0.2, 0.25) is 0 Å². The molecule has 90 valence electrons. The lowest BCUT2D eigenvalue weighted by molar-refractivity contribution is 0.414. The molecule has 3 rings (SSSR count). The van der Waals surface area contributed by atoms with Crippen LogP contribution in [0.2, 0.25) is 0 Å². The molecule has 3 heteroatoms. The number of amidine groups is 1. The summed E-state index contributed by atoms with van der Waals surface area (Å²) in [5.41, 5.74) is 1.78. The van der Waals surface area contributed by atoms with E-state index in [2.05, 4.69) is 34.6 Å². The number of nitrogens with one attached hydrogen (secondary N) is 1. The maximum Gasteiger partial charge on any atom is 0.118 e. The van der Waals surface area contributed by atoms with Crippen molar-refractivity contribution in [2.24, 2.45) is 4.99 Å². The molecule has 0 radical (unpaired) electrons. The van der Waals surface area contributed by atoms with Gasteiger partial charge in [0, 0.05) is 18.4 Å². The predicted octanol–water partition coefficient (Wildman–Crippen LogP) is 2.12. The summed E-state index contributed by atoms with van der Waals surface area (Å²) in [6, 6.07) is 8.50. The maximum absolute atomic E-state index is 5.20. The molecule has 0 bridgehead atoms. The second-order valence-corrected chi connectivity index (χ2v) is 4.94. The van der Waals surface area contributed by atoms with Crippen LogP contribution in [0.1, 0.15) is 24.8 Å². The van der Waals surface area contributed by atoms with Crippen LogP contribution in [0.5, 0.6) is 5.75 Å². The number of rotatable bonds is 4. The van der Waals surface area contributed by atoms with Crippen molar-refractivity contribution >= 4 is 5.84 Å². The van der Waals surface area contributed by atoms with E-state index in [1.807, 2.05) is 0 Å². The lowest BCUT2D eigenvalue weighted by atomic mass is 9.92. The monoisotopic (exact) mass is 230 g/mol. The third-order valence-corrected chi connectivity index (χ3v) is 3.81. The van der Waals surface area contributed by atoms with Crippen LogP contribution in [0, 0.1) is 0 Å².